The van der Waals surface area contributed by atoms with Gasteiger partial charge in [0, 0.05) is 6.54 Å². The van der Waals surface area contributed by atoms with E-state index in [0.29, 0.717) is 17.7 Å². The van der Waals surface area contributed by atoms with E-state index >= 15 is 0 Å². The number of aryl methyl sites for hydroxylation is 2. The fourth-order valence-corrected chi connectivity index (χ4v) is 1.81. The molecule has 4 heteroatoms. The minimum Gasteiger partial charge on any atom is -0.478 e. The summed E-state index contributed by atoms with van der Waals surface area (Å²) in [7, 11) is 0. The van der Waals surface area contributed by atoms with Gasteiger partial charge in [-0.1, -0.05) is 32.9 Å². The van der Waals surface area contributed by atoms with Gasteiger partial charge in [-0.05, 0) is 30.4 Å². The lowest BCUT2D eigenvalue weighted by Crippen LogP contribution is -2.33. The van der Waals surface area contributed by atoms with Crippen LogP contribution in [0.3, 0.4) is 0 Å². The number of benzene rings is 1. The quantitative estimate of drug-likeness (QED) is 0.881. The van der Waals surface area contributed by atoms with Gasteiger partial charge in [0.25, 0.3) is 5.91 Å². The van der Waals surface area contributed by atoms with Crippen LogP contribution in [0.4, 0.5) is 0 Å². The maximum absolute atomic E-state index is 12.2. The normalized spacial score (nSPS) is 11.2. The van der Waals surface area contributed by atoms with Gasteiger partial charge in [0.2, 0.25) is 0 Å². The Bertz CT molecular complexity index is 513. The Kier molecular flexibility index (Phi) is 4.35. The molecule has 1 aromatic carbocycles. The molecule has 4 nitrogen and oxygen atoms in total. The summed E-state index contributed by atoms with van der Waals surface area (Å²) >= 11 is 0. The number of rotatable bonds is 3. The first-order valence-corrected chi connectivity index (χ1v) is 6.25. The summed E-state index contributed by atoms with van der Waals surface area (Å²) in [5.41, 5.74) is 1.58. The third-order valence-corrected chi connectivity index (χ3v) is 2.84. The Labute approximate surface area is 113 Å². The number of carbonyl (C=O) groups is 2. The van der Waals surface area contributed by atoms with Gasteiger partial charge in [-0.15, -0.1) is 0 Å². The van der Waals surface area contributed by atoms with Gasteiger partial charge in [-0.2, -0.15) is 0 Å². The molecule has 0 aliphatic heterocycles. The molecule has 0 aromatic heterocycles. The van der Waals surface area contributed by atoms with Crippen LogP contribution < -0.4 is 5.32 Å². The number of carbonyl (C=O) groups excluding carboxylic acids is 1. The molecule has 0 unspecified atom stereocenters. The fourth-order valence-electron chi connectivity index (χ4n) is 1.81. The summed E-state index contributed by atoms with van der Waals surface area (Å²) in [5.74, 6) is -1.39. The van der Waals surface area contributed by atoms with Crippen LogP contribution >= 0.6 is 0 Å². The van der Waals surface area contributed by atoms with Crippen LogP contribution in [0.2, 0.25) is 0 Å². The zero-order chi connectivity index (χ0) is 14.8. The number of hydrogen-bond acceptors (Lipinski definition) is 2. The van der Waals surface area contributed by atoms with Crippen molar-refractivity contribution in [2.24, 2.45) is 5.41 Å². The van der Waals surface area contributed by atoms with Crippen molar-refractivity contribution >= 4 is 11.9 Å². The molecule has 0 spiro atoms. The minimum absolute atomic E-state index is 0.0449. The molecule has 104 valence electrons. The van der Waals surface area contributed by atoms with Crippen molar-refractivity contribution in [1.82, 2.24) is 5.32 Å². The molecule has 2 N–H and O–H groups in total. The second-order valence-corrected chi connectivity index (χ2v) is 6.00. The molecule has 19 heavy (non-hydrogen) atoms. The molecule has 0 fully saturated rings. The molecule has 0 aliphatic rings. The molecule has 1 aromatic rings. The zero-order valence-electron chi connectivity index (χ0n) is 12.1. The standard InChI is InChI=1S/C15H21NO3/c1-9-6-7-10(2)12(14(18)19)11(9)13(17)16-8-15(3,4)5/h6-7H,8H2,1-5H3,(H,16,17)(H,18,19). The van der Waals surface area contributed by atoms with E-state index in [1.807, 2.05) is 20.8 Å². The lowest BCUT2D eigenvalue weighted by Gasteiger charge is -2.20. The Balaban J connectivity index is 3.15. The lowest BCUT2D eigenvalue weighted by atomic mass is 9.94. The molecule has 0 saturated carbocycles. The van der Waals surface area contributed by atoms with Gasteiger partial charge in [0.05, 0.1) is 11.1 Å². The van der Waals surface area contributed by atoms with Crippen molar-refractivity contribution in [2.75, 3.05) is 6.54 Å². The number of aromatic carboxylic acids is 1. The monoisotopic (exact) mass is 263 g/mol. The van der Waals surface area contributed by atoms with E-state index in [4.69, 9.17) is 0 Å². The minimum atomic E-state index is -1.07. The second kappa shape index (κ2) is 5.43. The van der Waals surface area contributed by atoms with Gasteiger partial charge in [0.15, 0.2) is 0 Å². The average molecular weight is 263 g/mol. The highest BCUT2D eigenvalue weighted by Gasteiger charge is 2.22. The number of carboxylic acid groups (broad SMARTS) is 1. The second-order valence-electron chi connectivity index (χ2n) is 6.00. The first-order valence-electron chi connectivity index (χ1n) is 6.25. The Morgan fingerprint density at radius 2 is 1.58 bits per heavy atom. The molecule has 0 aliphatic carbocycles. The zero-order valence-corrected chi connectivity index (χ0v) is 12.1. The highest BCUT2D eigenvalue weighted by molar-refractivity contribution is 6.06. The maximum atomic E-state index is 12.2. The number of hydrogen-bond donors (Lipinski definition) is 2. The van der Waals surface area contributed by atoms with Crippen LogP contribution in [0, 0.1) is 19.3 Å². The van der Waals surface area contributed by atoms with E-state index in [1.54, 1.807) is 26.0 Å². The third kappa shape index (κ3) is 3.81. The van der Waals surface area contributed by atoms with E-state index in [-0.39, 0.29) is 22.4 Å². The summed E-state index contributed by atoms with van der Waals surface area (Å²) in [6.07, 6.45) is 0. The third-order valence-electron chi connectivity index (χ3n) is 2.84. The topological polar surface area (TPSA) is 66.4 Å². The lowest BCUT2D eigenvalue weighted by molar-refractivity contribution is 0.0689. The molecule has 0 bridgehead atoms. The molecular formula is C15H21NO3. The maximum Gasteiger partial charge on any atom is 0.336 e. The van der Waals surface area contributed by atoms with E-state index < -0.39 is 5.97 Å². The van der Waals surface area contributed by atoms with E-state index in [2.05, 4.69) is 5.32 Å². The summed E-state index contributed by atoms with van der Waals surface area (Å²) < 4.78 is 0. The van der Waals surface area contributed by atoms with Gasteiger partial charge in [0.1, 0.15) is 0 Å². The van der Waals surface area contributed by atoms with Crippen LogP contribution in [0.5, 0.6) is 0 Å². The van der Waals surface area contributed by atoms with E-state index in [9.17, 15) is 14.7 Å². The van der Waals surface area contributed by atoms with Crippen molar-refractivity contribution in [1.29, 1.82) is 0 Å². The van der Waals surface area contributed by atoms with Crippen molar-refractivity contribution < 1.29 is 14.7 Å². The van der Waals surface area contributed by atoms with Gasteiger partial charge in [-0.25, -0.2) is 4.79 Å². The molecular weight excluding hydrogens is 242 g/mol. The molecule has 0 atom stereocenters. The molecule has 1 rings (SSSR count). The van der Waals surface area contributed by atoms with E-state index in [1.165, 1.54) is 0 Å². The van der Waals surface area contributed by atoms with Crippen LogP contribution in [0.25, 0.3) is 0 Å². The predicted molar refractivity (Wildman–Crippen MR) is 74.7 cm³/mol. The number of carboxylic acids is 1. The molecule has 1 amide bonds. The molecule has 0 heterocycles. The number of amides is 1. The predicted octanol–water partition coefficient (Wildman–Crippen LogP) is 2.78. The Morgan fingerprint density at radius 1 is 1.11 bits per heavy atom. The first-order chi connectivity index (χ1) is 8.63. The smallest absolute Gasteiger partial charge is 0.336 e. The van der Waals surface area contributed by atoms with Crippen LogP contribution in [0.15, 0.2) is 12.1 Å². The number of nitrogens with one attached hydrogen (secondary N) is 1. The van der Waals surface area contributed by atoms with Gasteiger partial charge < -0.3 is 10.4 Å². The Hall–Kier alpha value is -1.84. The van der Waals surface area contributed by atoms with Crippen LogP contribution in [0.1, 0.15) is 52.6 Å². The van der Waals surface area contributed by atoms with Crippen molar-refractivity contribution in [2.45, 2.75) is 34.6 Å². The first kappa shape index (κ1) is 15.2. The van der Waals surface area contributed by atoms with E-state index in [0.717, 1.165) is 0 Å². The van der Waals surface area contributed by atoms with Crippen LogP contribution in [-0.2, 0) is 0 Å². The highest BCUT2D eigenvalue weighted by Crippen LogP contribution is 2.19. The van der Waals surface area contributed by atoms with Crippen LogP contribution in [-0.4, -0.2) is 23.5 Å². The Morgan fingerprint density at radius 3 is 2.00 bits per heavy atom. The summed E-state index contributed by atoms with van der Waals surface area (Å²) in [4.78, 5) is 23.5. The summed E-state index contributed by atoms with van der Waals surface area (Å²) in [5, 5.41) is 12.1. The van der Waals surface area contributed by atoms with Gasteiger partial charge >= 0.3 is 5.97 Å². The molecule has 0 radical (unpaired) electrons. The molecule has 0 saturated heterocycles. The highest BCUT2D eigenvalue weighted by atomic mass is 16.4. The van der Waals surface area contributed by atoms with Crippen molar-refractivity contribution in [3.63, 3.8) is 0 Å². The SMILES string of the molecule is Cc1ccc(C)c(C(=O)NCC(C)(C)C)c1C(=O)O. The van der Waals surface area contributed by atoms with Crippen molar-refractivity contribution in [3.05, 3.63) is 34.4 Å². The van der Waals surface area contributed by atoms with Gasteiger partial charge in [-0.3, -0.25) is 4.79 Å². The summed E-state index contributed by atoms with van der Waals surface area (Å²) in [6, 6.07) is 3.49. The average Bonchev–Trinajstić information content (AvgIpc) is 2.27. The fraction of sp³-hybridized carbons (Fsp3) is 0.467. The summed E-state index contributed by atoms with van der Waals surface area (Å²) in [6.45, 7) is 9.97. The largest absolute Gasteiger partial charge is 0.478 e. The van der Waals surface area contributed by atoms with Crippen molar-refractivity contribution in [3.8, 4) is 0 Å².